The third-order valence-corrected chi connectivity index (χ3v) is 4.30. The van der Waals surface area contributed by atoms with Crippen LogP contribution in [0.3, 0.4) is 0 Å². The molecule has 0 spiro atoms. The molecule has 1 fully saturated rings. The third-order valence-electron chi connectivity index (χ3n) is 4.30. The first-order chi connectivity index (χ1) is 8.68. The Bertz CT molecular complexity index is 322. The minimum atomic E-state index is 0.278. The average molecular weight is 265 g/mol. The van der Waals surface area contributed by atoms with Crippen LogP contribution in [0.1, 0.15) is 48.5 Å². The van der Waals surface area contributed by atoms with Crippen molar-refractivity contribution in [2.45, 2.75) is 72.6 Å². The topological polar surface area (TPSA) is 10.8 Å². The molecule has 0 aliphatic carbocycles. The second kappa shape index (κ2) is 6.24. The number of rotatable bonds is 3. The van der Waals surface area contributed by atoms with Crippen molar-refractivity contribution in [1.29, 1.82) is 0 Å². The quantitative estimate of drug-likeness (QED) is 0.726. The first-order valence-corrected chi connectivity index (χ1v) is 7.53. The van der Waals surface area contributed by atoms with Gasteiger partial charge >= 0.3 is 0 Å². The second-order valence-electron chi connectivity index (χ2n) is 7.46. The summed E-state index contributed by atoms with van der Waals surface area (Å²) < 4.78 is 0. The maximum Gasteiger partial charge on any atom is 0.231 e. The number of nitrogens with zero attached hydrogens (tertiary/aromatic N) is 3. The van der Waals surface area contributed by atoms with Crippen molar-refractivity contribution in [1.82, 2.24) is 9.80 Å². The summed E-state index contributed by atoms with van der Waals surface area (Å²) in [6.07, 6.45) is 0. The second-order valence-corrected chi connectivity index (χ2v) is 7.46. The highest BCUT2D eigenvalue weighted by atomic mass is 15.3. The van der Waals surface area contributed by atoms with Gasteiger partial charge < -0.3 is 4.85 Å². The van der Waals surface area contributed by atoms with Crippen molar-refractivity contribution in [2.75, 3.05) is 19.6 Å². The molecule has 0 aromatic carbocycles. The summed E-state index contributed by atoms with van der Waals surface area (Å²) in [6.45, 7) is 26.0. The van der Waals surface area contributed by atoms with E-state index in [4.69, 9.17) is 6.57 Å². The molecular weight excluding hydrogens is 234 g/mol. The van der Waals surface area contributed by atoms with Gasteiger partial charge in [0.25, 0.3) is 0 Å². The van der Waals surface area contributed by atoms with Crippen molar-refractivity contribution < 1.29 is 0 Å². The predicted molar refractivity (Wildman–Crippen MR) is 82.2 cm³/mol. The summed E-state index contributed by atoms with van der Waals surface area (Å²) in [5.74, 6) is 0. The van der Waals surface area contributed by atoms with Gasteiger partial charge in [-0.2, -0.15) is 0 Å². The van der Waals surface area contributed by atoms with E-state index >= 15 is 0 Å². The highest BCUT2D eigenvalue weighted by Gasteiger charge is 2.42. The monoisotopic (exact) mass is 265 g/mol. The van der Waals surface area contributed by atoms with Crippen molar-refractivity contribution >= 4 is 0 Å². The molecule has 3 heteroatoms. The fraction of sp³-hybridized carbons (Fsp3) is 0.938. The molecule has 0 amide bonds. The fourth-order valence-corrected chi connectivity index (χ4v) is 3.17. The zero-order valence-electron chi connectivity index (χ0n) is 13.8. The van der Waals surface area contributed by atoms with Gasteiger partial charge in [0.2, 0.25) is 6.54 Å². The minimum absolute atomic E-state index is 0.278. The van der Waals surface area contributed by atoms with Crippen LogP contribution in [0.4, 0.5) is 0 Å². The van der Waals surface area contributed by atoms with Crippen LogP contribution in [0.15, 0.2) is 0 Å². The molecule has 0 N–H and O–H groups in total. The molecule has 0 aromatic heterocycles. The van der Waals surface area contributed by atoms with Gasteiger partial charge in [0.05, 0.1) is 6.04 Å². The lowest BCUT2D eigenvalue weighted by molar-refractivity contribution is -0.0411. The molecule has 1 aliphatic rings. The minimum Gasteiger partial charge on any atom is -0.315 e. The highest BCUT2D eigenvalue weighted by molar-refractivity contribution is 4.98. The van der Waals surface area contributed by atoms with Crippen LogP contribution >= 0.6 is 0 Å². The molecule has 19 heavy (non-hydrogen) atoms. The highest BCUT2D eigenvalue weighted by Crippen LogP contribution is 2.31. The van der Waals surface area contributed by atoms with E-state index in [-0.39, 0.29) is 5.41 Å². The van der Waals surface area contributed by atoms with Gasteiger partial charge in [0.15, 0.2) is 0 Å². The molecule has 0 radical (unpaired) electrons. The van der Waals surface area contributed by atoms with Gasteiger partial charge in [-0.1, -0.05) is 20.8 Å². The van der Waals surface area contributed by atoms with E-state index in [1.807, 2.05) is 0 Å². The van der Waals surface area contributed by atoms with E-state index < -0.39 is 0 Å². The molecule has 0 aromatic rings. The van der Waals surface area contributed by atoms with Gasteiger partial charge in [-0.25, -0.2) is 6.57 Å². The Morgan fingerprint density at radius 3 is 1.95 bits per heavy atom. The van der Waals surface area contributed by atoms with Crippen molar-refractivity contribution in [3.8, 4) is 0 Å². The lowest BCUT2D eigenvalue weighted by Gasteiger charge is -2.52. The average Bonchev–Trinajstić information content (AvgIpc) is 2.26. The van der Waals surface area contributed by atoms with Crippen LogP contribution < -0.4 is 0 Å². The molecule has 2 atom stereocenters. The molecule has 1 aliphatic heterocycles. The van der Waals surface area contributed by atoms with Crippen LogP contribution in [0, 0.1) is 12.0 Å². The van der Waals surface area contributed by atoms with Crippen LogP contribution in [0.25, 0.3) is 4.85 Å². The zero-order valence-corrected chi connectivity index (χ0v) is 13.8. The Hall–Kier alpha value is -0.590. The first kappa shape index (κ1) is 16.5. The molecule has 1 heterocycles. The molecule has 1 saturated heterocycles. The molecule has 0 bridgehead atoms. The third kappa shape index (κ3) is 3.94. The van der Waals surface area contributed by atoms with E-state index in [9.17, 15) is 0 Å². The molecule has 0 unspecified atom stereocenters. The molecule has 3 nitrogen and oxygen atoms in total. The molecule has 110 valence electrons. The van der Waals surface area contributed by atoms with Crippen molar-refractivity contribution in [3.63, 3.8) is 0 Å². The first-order valence-electron chi connectivity index (χ1n) is 7.53. The Kier molecular flexibility index (Phi) is 5.41. The van der Waals surface area contributed by atoms with E-state index in [0.717, 1.165) is 13.1 Å². The lowest BCUT2D eigenvalue weighted by atomic mass is 9.82. The summed E-state index contributed by atoms with van der Waals surface area (Å²) >= 11 is 0. The van der Waals surface area contributed by atoms with Crippen LogP contribution in [-0.4, -0.2) is 53.6 Å². The number of piperazine rings is 1. The lowest BCUT2D eigenvalue weighted by Crippen LogP contribution is -2.65. The van der Waals surface area contributed by atoms with Gasteiger partial charge in [-0.3, -0.25) is 9.80 Å². The molecular formula is C16H31N3. The molecule has 1 rings (SSSR count). The van der Waals surface area contributed by atoms with Crippen LogP contribution in [0.2, 0.25) is 0 Å². The standard InChI is InChI=1S/C16H31N3/c1-12(2)18-11-15(16(5,6)7)19(13(3)4)10-14(18)9-17-8/h12-15H,9-11H2,1-7H3/t14-,15-/m1/s1. The molecule has 0 saturated carbocycles. The largest absolute Gasteiger partial charge is 0.315 e. The normalized spacial score (nSPS) is 26.9. The fourth-order valence-electron chi connectivity index (χ4n) is 3.17. The summed E-state index contributed by atoms with van der Waals surface area (Å²) in [6, 6.07) is 2.02. The Morgan fingerprint density at radius 2 is 1.58 bits per heavy atom. The van der Waals surface area contributed by atoms with Gasteiger partial charge in [-0.05, 0) is 33.1 Å². The smallest absolute Gasteiger partial charge is 0.231 e. The Morgan fingerprint density at radius 1 is 1.05 bits per heavy atom. The SMILES string of the molecule is [C-]#[N+]C[C@@H]1CN(C(C)C)[C@@H](C(C)(C)C)CN1C(C)C. The maximum atomic E-state index is 7.20. The Labute approximate surface area is 119 Å². The summed E-state index contributed by atoms with van der Waals surface area (Å²) in [7, 11) is 0. The van der Waals surface area contributed by atoms with E-state index in [1.165, 1.54) is 0 Å². The van der Waals surface area contributed by atoms with E-state index in [2.05, 4.69) is 63.1 Å². The van der Waals surface area contributed by atoms with Crippen LogP contribution in [0.5, 0.6) is 0 Å². The van der Waals surface area contributed by atoms with Crippen LogP contribution in [-0.2, 0) is 0 Å². The summed E-state index contributed by atoms with van der Waals surface area (Å²) in [4.78, 5) is 8.80. The zero-order chi connectivity index (χ0) is 14.8. The van der Waals surface area contributed by atoms with E-state index in [1.54, 1.807) is 0 Å². The number of hydrogen-bond donors (Lipinski definition) is 0. The van der Waals surface area contributed by atoms with E-state index in [0.29, 0.717) is 30.7 Å². The van der Waals surface area contributed by atoms with Crippen molar-refractivity contribution in [3.05, 3.63) is 11.4 Å². The Balaban J connectivity index is 2.98. The van der Waals surface area contributed by atoms with Gasteiger partial charge in [0, 0.05) is 31.2 Å². The van der Waals surface area contributed by atoms with Gasteiger partial charge in [0.1, 0.15) is 0 Å². The van der Waals surface area contributed by atoms with Gasteiger partial charge in [-0.15, -0.1) is 0 Å². The summed E-state index contributed by atoms with van der Waals surface area (Å²) in [5.41, 5.74) is 0.278. The predicted octanol–water partition coefficient (Wildman–Crippen LogP) is 3.12. The number of hydrogen-bond acceptors (Lipinski definition) is 2. The summed E-state index contributed by atoms with van der Waals surface area (Å²) in [5, 5.41) is 0. The van der Waals surface area contributed by atoms with Crippen molar-refractivity contribution in [2.24, 2.45) is 5.41 Å². The maximum absolute atomic E-state index is 7.20.